The molecule has 2 aromatic carbocycles. The van der Waals surface area contributed by atoms with Crippen molar-refractivity contribution in [3.63, 3.8) is 0 Å². The summed E-state index contributed by atoms with van der Waals surface area (Å²) in [6, 6.07) is 12.3. The molecule has 2 aliphatic carbocycles. The maximum Gasteiger partial charge on any atom is 0.336 e. The van der Waals surface area contributed by atoms with Crippen molar-refractivity contribution in [1.29, 1.82) is 0 Å². The minimum absolute atomic E-state index is 0.127. The van der Waals surface area contributed by atoms with Gasteiger partial charge in [0.25, 0.3) is 11.1 Å². The first-order valence-electron chi connectivity index (χ1n) is 13.0. The van der Waals surface area contributed by atoms with Gasteiger partial charge in [0, 0.05) is 42.5 Å². The van der Waals surface area contributed by atoms with Crippen LogP contribution in [0.2, 0.25) is 0 Å². The van der Waals surface area contributed by atoms with Crippen molar-refractivity contribution in [2.24, 2.45) is 7.05 Å². The average Bonchev–Trinajstić information content (AvgIpc) is 3.83. The Morgan fingerprint density at radius 2 is 1.74 bits per heavy atom. The highest BCUT2D eigenvalue weighted by molar-refractivity contribution is 7.98. The molecule has 6 rings (SSSR count). The van der Waals surface area contributed by atoms with Crippen LogP contribution in [0.25, 0.3) is 16.6 Å². The molecule has 0 amide bonds. The normalized spacial score (nSPS) is 15.1. The summed E-state index contributed by atoms with van der Waals surface area (Å²) in [7, 11) is 1.54. The molecule has 39 heavy (non-hydrogen) atoms. The fourth-order valence-electron chi connectivity index (χ4n) is 4.79. The van der Waals surface area contributed by atoms with E-state index in [1.54, 1.807) is 32.0 Å². The number of anilines is 3. The van der Waals surface area contributed by atoms with Gasteiger partial charge in [-0.1, -0.05) is 12.1 Å². The first-order chi connectivity index (χ1) is 18.7. The van der Waals surface area contributed by atoms with Crippen molar-refractivity contribution in [3.8, 4) is 5.69 Å². The smallest absolute Gasteiger partial charge is 0.336 e. The van der Waals surface area contributed by atoms with Crippen molar-refractivity contribution >= 4 is 40.2 Å². The van der Waals surface area contributed by atoms with Crippen molar-refractivity contribution in [2.75, 3.05) is 10.0 Å². The molecule has 0 aliphatic heterocycles. The zero-order valence-corrected chi connectivity index (χ0v) is 22.7. The third-order valence-corrected chi connectivity index (χ3v) is 8.00. The molecule has 2 aliphatic rings. The Balaban J connectivity index is 1.60. The quantitative estimate of drug-likeness (QED) is 0.280. The van der Waals surface area contributed by atoms with E-state index >= 15 is 0 Å². The number of aryl methyl sites for hydroxylation is 2. The number of nitrogens with zero attached hydrogens (tertiary/aromatic N) is 3. The third-order valence-electron chi connectivity index (χ3n) is 7.21. The van der Waals surface area contributed by atoms with Crippen molar-refractivity contribution in [3.05, 3.63) is 90.6 Å². The predicted molar refractivity (Wildman–Crippen MR) is 154 cm³/mol. The lowest BCUT2D eigenvalue weighted by molar-refractivity contribution is 0.630. The highest BCUT2D eigenvalue weighted by Crippen LogP contribution is 2.34. The van der Waals surface area contributed by atoms with Crippen LogP contribution >= 0.6 is 12.1 Å². The minimum Gasteiger partial charge on any atom is -0.338 e. The van der Waals surface area contributed by atoms with Crippen LogP contribution in [0.1, 0.15) is 42.9 Å². The Bertz CT molecular complexity index is 1800. The van der Waals surface area contributed by atoms with Crippen LogP contribution in [0, 0.1) is 19.7 Å². The summed E-state index contributed by atoms with van der Waals surface area (Å²) < 4.78 is 25.4. The molecule has 4 aromatic rings. The van der Waals surface area contributed by atoms with Gasteiger partial charge in [0.2, 0.25) is 0 Å². The Hall–Kier alpha value is -3.83. The number of fused-ring (bicyclic) bond motifs is 1. The maximum atomic E-state index is 14.9. The first-order valence-corrected chi connectivity index (χ1v) is 13.8. The highest BCUT2D eigenvalue weighted by atomic mass is 32.2. The van der Waals surface area contributed by atoms with Crippen molar-refractivity contribution in [2.45, 2.75) is 51.6 Å². The lowest BCUT2D eigenvalue weighted by Gasteiger charge is -2.21. The fourth-order valence-corrected chi connectivity index (χ4v) is 5.49. The molecule has 3 N–H and O–H groups in total. The van der Waals surface area contributed by atoms with E-state index in [1.807, 2.05) is 18.2 Å². The van der Waals surface area contributed by atoms with E-state index < -0.39 is 22.6 Å². The summed E-state index contributed by atoms with van der Waals surface area (Å²) in [5.41, 5.74) is 1.21. The summed E-state index contributed by atoms with van der Waals surface area (Å²) in [5, 5.41) is 3.15. The Kier molecular flexibility index (Phi) is 6.35. The molecule has 0 spiro atoms. The van der Waals surface area contributed by atoms with E-state index in [-0.39, 0.29) is 34.0 Å². The van der Waals surface area contributed by atoms with Crippen LogP contribution in [0.4, 0.5) is 21.6 Å². The molecule has 2 fully saturated rings. The lowest BCUT2D eigenvalue weighted by atomic mass is 10.1. The molecule has 0 saturated heterocycles. The van der Waals surface area contributed by atoms with Gasteiger partial charge in [-0.3, -0.25) is 23.3 Å². The Labute approximate surface area is 227 Å². The van der Waals surface area contributed by atoms with E-state index in [4.69, 9.17) is 0 Å². The number of benzene rings is 2. The Morgan fingerprint density at radius 3 is 2.44 bits per heavy atom. The topological polar surface area (TPSA) is 102 Å². The summed E-state index contributed by atoms with van der Waals surface area (Å²) >= 11 is 1.38. The second kappa shape index (κ2) is 9.73. The number of hydrogen-bond donors (Lipinski definition) is 3. The second-order valence-electron chi connectivity index (χ2n) is 10.3. The van der Waals surface area contributed by atoms with E-state index in [0.29, 0.717) is 24.6 Å². The number of aromatic nitrogens is 3. The molecule has 11 heteroatoms. The SMILES string of the molecule is Cc1ccc(Nc2c3c(=O)n(C4CC4)c(=O)n(-c4cccc(NSNC5CC5)c4)c3c(C)c(=O)n2C)c(F)c1. The van der Waals surface area contributed by atoms with Gasteiger partial charge in [0.15, 0.2) is 0 Å². The molecule has 2 heterocycles. The molecule has 0 atom stereocenters. The van der Waals surface area contributed by atoms with E-state index in [2.05, 4.69) is 14.8 Å². The average molecular weight is 549 g/mol. The van der Waals surface area contributed by atoms with Gasteiger partial charge < -0.3 is 10.0 Å². The molecule has 0 bridgehead atoms. The van der Waals surface area contributed by atoms with Crippen LogP contribution in [0.5, 0.6) is 0 Å². The monoisotopic (exact) mass is 548 g/mol. The Morgan fingerprint density at radius 1 is 0.974 bits per heavy atom. The van der Waals surface area contributed by atoms with Gasteiger partial charge in [0.1, 0.15) is 17.0 Å². The van der Waals surface area contributed by atoms with Gasteiger partial charge in [-0.25, -0.2) is 13.9 Å². The number of pyridine rings is 1. The van der Waals surface area contributed by atoms with Crippen LogP contribution in [0.15, 0.2) is 56.8 Å². The standard InChI is InChI=1S/C28H29FN6O3S/c1-15-7-12-22(21(29)13-15)30-25-23-24(16(2)26(36)33(25)3)34(28(38)35(27(23)37)19-10-11-19)20-6-4-5-18(14-20)32-39-31-17-8-9-17/h4-7,12-14,17,19,30-32H,8-11H2,1-3H3. The first kappa shape index (κ1) is 25.4. The van der Waals surface area contributed by atoms with Gasteiger partial charge in [-0.2, -0.15) is 0 Å². The van der Waals surface area contributed by atoms with Crippen molar-refractivity contribution in [1.82, 2.24) is 18.4 Å². The molecule has 0 unspecified atom stereocenters. The van der Waals surface area contributed by atoms with E-state index in [0.717, 1.165) is 24.1 Å². The zero-order chi connectivity index (χ0) is 27.4. The summed E-state index contributed by atoms with van der Waals surface area (Å²) in [5.74, 6) is -0.377. The second-order valence-corrected chi connectivity index (χ2v) is 11.0. The molecule has 0 radical (unpaired) electrons. The van der Waals surface area contributed by atoms with E-state index in [1.165, 1.54) is 38.9 Å². The van der Waals surface area contributed by atoms with Gasteiger partial charge in [-0.05, 0) is 75.4 Å². The van der Waals surface area contributed by atoms with Gasteiger partial charge in [-0.15, -0.1) is 0 Å². The molecular weight excluding hydrogens is 519 g/mol. The maximum absolute atomic E-state index is 14.9. The summed E-state index contributed by atoms with van der Waals surface area (Å²) in [4.78, 5) is 41.3. The molecule has 9 nitrogen and oxygen atoms in total. The molecule has 2 aromatic heterocycles. The lowest BCUT2D eigenvalue weighted by Crippen LogP contribution is -2.41. The van der Waals surface area contributed by atoms with Crippen LogP contribution < -0.4 is 31.6 Å². The third kappa shape index (κ3) is 4.65. The predicted octanol–water partition coefficient (Wildman–Crippen LogP) is 4.41. The zero-order valence-electron chi connectivity index (χ0n) is 21.9. The molecule has 202 valence electrons. The van der Waals surface area contributed by atoms with Crippen LogP contribution in [0.3, 0.4) is 0 Å². The summed E-state index contributed by atoms with van der Waals surface area (Å²) in [6.45, 7) is 3.38. The van der Waals surface area contributed by atoms with Gasteiger partial charge in [0.05, 0.1) is 16.9 Å². The van der Waals surface area contributed by atoms with Crippen LogP contribution in [-0.4, -0.2) is 19.7 Å². The highest BCUT2D eigenvalue weighted by Gasteiger charge is 2.31. The van der Waals surface area contributed by atoms with Crippen LogP contribution in [-0.2, 0) is 7.05 Å². The number of rotatable bonds is 8. The summed E-state index contributed by atoms with van der Waals surface area (Å²) in [6.07, 6.45) is 3.73. The van der Waals surface area contributed by atoms with Gasteiger partial charge >= 0.3 is 5.69 Å². The number of hydrogen-bond acceptors (Lipinski definition) is 7. The minimum atomic E-state index is -0.511. The molecular formula is C28H29FN6O3S. The molecule has 2 saturated carbocycles. The largest absolute Gasteiger partial charge is 0.338 e. The number of nitrogens with one attached hydrogen (secondary N) is 3. The van der Waals surface area contributed by atoms with E-state index in [9.17, 15) is 18.8 Å². The fraction of sp³-hybridized carbons (Fsp3) is 0.321. The number of halogens is 1. The van der Waals surface area contributed by atoms with Crippen molar-refractivity contribution < 1.29 is 4.39 Å².